The van der Waals surface area contributed by atoms with Gasteiger partial charge in [0.2, 0.25) is 5.91 Å². The second-order valence-electron chi connectivity index (χ2n) is 6.61. The summed E-state index contributed by atoms with van der Waals surface area (Å²) in [4.78, 5) is 18.6. The first-order valence-corrected chi connectivity index (χ1v) is 8.97. The standard InChI is InChI=1S/C20H22N4O/c25-20-5-3-1-2-4-14-23(20)15-16-6-8-17(9-7-16)18-10-12-21-19-11-13-22-24(18)19/h6-13H,1-5,14-15H2. The van der Waals surface area contributed by atoms with Gasteiger partial charge in [0.1, 0.15) is 0 Å². The molecule has 0 saturated carbocycles. The Kier molecular flexibility index (Phi) is 4.46. The highest BCUT2D eigenvalue weighted by atomic mass is 16.2. The molecule has 1 aromatic carbocycles. The molecule has 0 radical (unpaired) electrons. The van der Waals surface area contributed by atoms with Crippen LogP contribution in [0.15, 0.2) is 48.8 Å². The van der Waals surface area contributed by atoms with E-state index in [2.05, 4.69) is 34.3 Å². The van der Waals surface area contributed by atoms with Crippen molar-refractivity contribution in [3.05, 3.63) is 54.4 Å². The van der Waals surface area contributed by atoms with Crippen LogP contribution in [0.4, 0.5) is 0 Å². The van der Waals surface area contributed by atoms with Gasteiger partial charge in [-0.1, -0.05) is 37.1 Å². The van der Waals surface area contributed by atoms with Crippen molar-refractivity contribution in [2.45, 2.75) is 38.6 Å². The summed E-state index contributed by atoms with van der Waals surface area (Å²) in [7, 11) is 0. The molecule has 1 amide bonds. The third-order valence-electron chi connectivity index (χ3n) is 4.83. The number of hydrogen-bond acceptors (Lipinski definition) is 3. The van der Waals surface area contributed by atoms with Crippen LogP contribution < -0.4 is 0 Å². The third-order valence-corrected chi connectivity index (χ3v) is 4.83. The van der Waals surface area contributed by atoms with E-state index in [0.717, 1.165) is 36.3 Å². The van der Waals surface area contributed by atoms with Gasteiger partial charge in [-0.15, -0.1) is 0 Å². The molecule has 5 heteroatoms. The maximum Gasteiger partial charge on any atom is 0.222 e. The van der Waals surface area contributed by atoms with E-state index in [1.165, 1.54) is 18.4 Å². The number of hydrogen-bond donors (Lipinski definition) is 0. The number of amides is 1. The van der Waals surface area contributed by atoms with E-state index in [4.69, 9.17) is 0 Å². The lowest BCUT2D eigenvalue weighted by Gasteiger charge is -2.25. The minimum atomic E-state index is 0.288. The molecule has 0 unspecified atom stereocenters. The van der Waals surface area contributed by atoms with E-state index in [0.29, 0.717) is 13.0 Å². The number of likely N-dealkylation sites (tertiary alicyclic amines) is 1. The molecular weight excluding hydrogens is 312 g/mol. The molecule has 0 atom stereocenters. The fourth-order valence-electron chi connectivity index (χ4n) is 3.44. The molecule has 1 saturated heterocycles. The van der Waals surface area contributed by atoms with Crippen LogP contribution in [0.25, 0.3) is 16.9 Å². The highest BCUT2D eigenvalue weighted by Gasteiger charge is 2.15. The van der Waals surface area contributed by atoms with E-state index >= 15 is 0 Å². The number of rotatable bonds is 3. The average molecular weight is 334 g/mol. The van der Waals surface area contributed by atoms with Gasteiger partial charge in [0.05, 0.1) is 11.9 Å². The minimum absolute atomic E-state index is 0.288. The van der Waals surface area contributed by atoms with E-state index in [1.54, 1.807) is 12.4 Å². The zero-order chi connectivity index (χ0) is 17.1. The van der Waals surface area contributed by atoms with Crippen molar-refractivity contribution >= 4 is 11.6 Å². The molecule has 25 heavy (non-hydrogen) atoms. The van der Waals surface area contributed by atoms with Crippen LogP contribution in [0.1, 0.15) is 37.7 Å². The Morgan fingerprint density at radius 2 is 1.76 bits per heavy atom. The van der Waals surface area contributed by atoms with Crippen molar-refractivity contribution in [3.8, 4) is 11.3 Å². The fourth-order valence-corrected chi connectivity index (χ4v) is 3.44. The van der Waals surface area contributed by atoms with Crippen molar-refractivity contribution < 1.29 is 4.79 Å². The van der Waals surface area contributed by atoms with Crippen LogP contribution in [0, 0.1) is 0 Å². The molecule has 5 nitrogen and oxygen atoms in total. The highest BCUT2D eigenvalue weighted by Crippen LogP contribution is 2.21. The molecule has 3 aromatic rings. The molecule has 4 rings (SSSR count). The van der Waals surface area contributed by atoms with Crippen LogP contribution in [-0.4, -0.2) is 31.9 Å². The Labute approximate surface area is 147 Å². The van der Waals surface area contributed by atoms with Crippen LogP contribution in [0.5, 0.6) is 0 Å². The summed E-state index contributed by atoms with van der Waals surface area (Å²) in [6, 6.07) is 12.3. The largest absolute Gasteiger partial charge is 0.338 e. The Hall–Kier alpha value is -2.69. The number of carbonyl (C=O) groups is 1. The van der Waals surface area contributed by atoms with Gasteiger partial charge in [-0.25, -0.2) is 9.50 Å². The van der Waals surface area contributed by atoms with Crippen molar-refractivity contribution in [1.29, 1.82) is 0 Å². The normalized spacial score (nSPS) is 16.0. The smallest absolute Gasteiger partial charge is 0.222 e. The first kappa shape index (κ1) is 15.8. The van der Waals surface area contributed by atoms with Crippen LogP contribution >= 0.6 is 0 Å². The molecular formula is C20H22N4O. The second-order valence-corrected chi connectivity index (χ2v) is 6.61. The summed E-state index contributed by atoms with van der Waals surface area (Å²) in [6.45, 7) is 1.57. The number of nitrogens with zero attached hydrogens (tertiary/aromatic N) is 4. The Morgan fingerprint density at radius 1 is 0.920 bits per heavy atom. The summed E-state index contributed by atoms with van der Waals surface area (Å²) in [5.41, 5.74) is 4.12. The lowest BCUT2D eigenvalue weighted by atomic mass is 10.1. The topological polar surface area (TPSA) is 50.5 Å². The molecule has 128 valence electrons. The van der Waals surface area contributed by atoms with Gasteiger partial charge in [-0.2, -0.15) is 5.10 Å². The second kappa shape index (κ2) is 7.05. The quantitative estimate of drug-likeness (QED) is 0.734. The molecule has 2 aromatic heterocycles. The van der Waals surface area contributed by atoms with Crippen molar-refractivity contribution in [2.24, 2.45) is 0 Å². The minimum Gasteiger partial charge on any atom is -0.338 e. The molecule has 0 spiro atoms. The SMILES string of the molecule is O=C1CCCCCCN1Cc1ccc(-c2ccnc3ccnn23)cc1. The molecule has 1 aliphatic heterocycles. The first-order valence-electron chi connectivity index (χ1n) is 8.97. The zero-order valence-corrected chi connectivity index (χ0v) is 14.3. The number of carbonyl (C=O) groups excluding carboxylic acids is 1. The number of fused-ring (bicyclic) bond motifs is 1. The summed E-state index contributed by atoms with van der Waals surface area (Å²) >= 11 is 0. The third kappa shape index (κ3) is 3.40. The van der Waals surface area contributed by atoms with Crippen LogP contribution in [0.2, 0.25) is 0 Å². The maximum absolute atomic E-state index is 12.3. The Balaban J connectivity index is 1.53. The average Bonchev–Trinajstić information content (AvgIpc) is 3.11. The van der Waals surface area contributed by atoms with Crippen molar-refractivity contribution in [2.75, 3.05) is 6.54 Å². The van der Waals surface area contributed by atoms with Gasteiger partial charge < -0.3 is 4.90 Å². The van der Waals surface area contributed by atoms with Gasteiger partial charge in [0.25, 0.3) is 0 Å². The number of benzene rings is 1. The molecule has 0 aliphatic carbocycles. The molecule has 0 N–H and O–H groups in total. The molecule has 0 bridgehead atoms. The molecule has 1 aliphatic rings. The number of aromatic nitrogens is 3. The summed E-state index contributed by atoms with van der Waals surface area (Å²) in [5.74, 6) is 0.288. The van der Waals surface area contributed by atoms with Gasteiger partial charge in [0.15, 0.2) is 5.65 Å². The lowest BCUT2D eigenvalue weighted by molar-refractivity contribution is -0.132. The zero-order valence-electron chi connectivity index (χ0n) is 14.3. The van der Waals surface area contributed by atoms with E-state index < -0.39 is 0 Å². The summed E-state index contributed by atoms with van der Waals surface area (Å²) < 4.78 is 1.84. The fraction of sp³-hybridized carbons (Fsp3) is 0.350. The first-order chi connectivity index (χ1) is 12.3. The molecule has 3 heterocycles. The lowest BCUT2D eigenvalue weighted by Crippen LogP contribution is -2.32. The van der Waals surface area contributed by atoms with E-state index in [1.807, 2.05) is 21.5 Å². The van der Waals surface area contributed by atoms with Crippen molar-refractivity contribution in [1.82, 2.24) is 19.5 Å². The van der Waals surface area contributed by atoms with Gasteiger partial charge in [-0.3, -0.25) is 4.79 Å². The maximum atomic E-state index is 12.3. The van der Waals surface area contributed by atoms with Crippen LogP contribution in [-0.2, 0) is 11.3 Å². The van der Waals surface area contributed by atoms with E-state index in [-0.39, 0.29) is 5.91 Å². The highest BCUT2D eigenvalue weighted by molar-refractivity contribution is 5.76. The van der Waals surface area contributed by atoms with Crippen LogP contribution in [0.3, 0.4) is 0 Å². The van der Waals surface area contributed by atoms with Gasteiger partial charge >= 0.3 is 0 Å². The summed E-state index contributed by atoms with van der Waals surface area (Å²) in [5, 5.41) is 4.34. The Morgan fingerprint density at radius 3 is 2.64 bits per heavy atom. The predicted octanol–water partition coefficient (Wildman–Crippen LogP) is 3.69. The predicted molar refractivity (Wildman–Crippen MR) is 96.9 cm³/mol. The van der Waals surface area contributed by atoms with Gasteiger partial charge in [0, 0.05) is 37.3 Å². The monoisotopic (exact) mass is 334 g/mol. The van der Waals surface area contributed by atoms with Crippen molar-refractivity contribution in [3.63, 3.8) is 0 Å². The van der Waals surface area contributed by atoms with Gasteiger partial charge in [-0.05, 0) is 24.5 Å². The Bertz CT molecular complexity index is 869. The summed E-state index contributed by atoms with van der Waals surface area (Å²) in [6.07, 6.45) is 8.79. The molecule has 1 fully saturated rings. The van der Waals surface area contributed by atoms with E-state index in [9.17, 15) is 4.79 Å².